The molecule has 2 aliphatic rings. The number of aliphatic carboxylic acids is 1. The summed E-state index contributed by atoms with van der Waals surface area (Å²) < 4.78 is 1.98. The van der Waals surface area contributed by atoms with Gasteiger partial charge in [0.05, 0.1) is 11.5 Å². The number of carboxylic acid groups (broad SMARTS) is 1. The second kappa shape index (κ2) is 4.85. The number of rotatable bonds is 2. The number of fused-ring (bicyclic) bond motifs is 1. The summed E-state index contributed by atoms with van der Waals surface area (Å²) in [5, 5.41) is 10.1. The van der Waals surface area contributed by atoms with Gasteiger partial charge in [0.25, 0.3) is 5.91 Å². The van der Waals surface area contributed by atoms with Crippen LogP contribution in [0.4, 0.5) is 0 Å². The lowest BCUT2D eigenvalue weighted by molar-refractivity contribution is -0.139. The van der Waals surface area contributed by atoms with Gasteiger partial charge in [0.15, 0.2) is 0 Å². The number of piperidine rings is 1. The molecule has 1 unspecified atom stereocenters. The average Bonchev–Trinajstić information content (AvgIpc) is 3.16. The first-order valence-corrected chi connectivity index (χ1v) is 8.08. The highest BCUT2D eigenvalue weighted by Gasteiger charge is 2.59. The molecule has 1 saturated carbocycles. The average molecular weight is 312 g/mol. The maximum atomic E-state index is 12.9. The van der Waals surface area contributed by atoms with Crippen molar-refractivity contribution < 1.29 is 14.7 Å². The molecule has 1 aromatic heterocycles. The molecule has 1 atom stereocenters. The molecule has 2 heterocycles. The minimum Gasteiger partial charge on any atom is -0.481 e. The number of para-hydroxylation sites is 1. The quantitative estimate of drug-likeness (QED) is 0.927. The Hall–Kier alpha value is -2.30. The van der Waals surface area contributed by atoms with Crippen molar-refractivity contribution in [3.05, 3.63) is 36.0 Å². The van der Waals surface area contributed by atoms with Crippen molar-refractivity contribution in [3.8, 4) is 0 Å². The van der Waals surface area contributed by atoms with E-state index in [1.165, 1.54) is 0 Å². The summed E-state index contributed by atoms with van der Waals surface area (Å²) in [5.74, 6) is -0.819. The van der Waals surface area contributed by atoms with Crippen LogP contribution in [0.1, 0.15) is 29.6 Å². The zero-order valence-electron chi connectivity index (χ0n) is 13.2. The van der Waals surface area contributed by atoms with E-state index < -0.39 is 5.97 Å². The van der Waals surface area contributed by atoms with Crippen LogP contribution in [0.5, 0.6) is 0 Å². The lowest BCUT2D eigenvalue weighted by atomic mass is 9.90. The fourth-order valence-electron chi connectivity index (χ4n) is 4.09. The Morgan fingerprint density at radius 3 is 2.57 bits per heavy atom. The number of carbonyl (C=O) groups is 2. The van der Waals surface area contributed by atoms with Gasteiger partial charge < -0.3 is 14.6 Å². The molecular formula is C18H20N2O3. The number of carboxylic acids is 1. The largest absolute Gasteiger partial charge is 0.481 e. The molecule has 0 bridgehead atoms. The summed E-state index contributed by atoms with van der Waals surface area (Å²) in [7, 11) is 1.95. The molecule has 2 aromatic rings. The minimum absolute atomic E-state index is 0.0403. The minimum atomic E-state index is -0.682. The zero-order valence-corrected chi connectivity index (χ0v) is 13.2. The van der Waals surface area contributed by atoms with E-state index in [4.69, 9.17) is 5.11 Å². The van der Waals surface area contributed by atoms with Gasteiger partial charge in [-0.2, -0.15) is 0 Å². The lowest BCUT2D eigenvalue weighted by Crippen LogP contribution is -2.39. The summed E-state index contributed by atoms with van der Waals surface area (Å²) in [4.78, 5) is 25.9. The van der Waals surface area contributed by atoms with Crippen molar-refractivity contribution >= 4 is 22.8 Å². The summed E-state index contributed by atoms with van der Waals surface area (Å²) in [6, 6.07) is 7.92. The van der Waals surface area contributed by atoms with E-state index in [1.807, 2.05) is 47.0 Å². The fraction of sp³-hybridized carbons (Fsp3) is 0.444. The first-order valence-electron chi connectivity index (χ1n) is 8.08. The molecule has 1 N–H and O–H groups in total. The first kappa shape index (κ1) is 14.3. The van der Waals surface area contributed by atoms with Gasteiger partial charge in [0, 0.05) is 37.2 Å². The highest BCUT2D eigenvalue weighted by atomic mass is 16.4. The van der Waals surface area contributed by atoms with Gasteiger partial charge in [-0.05, 0) is 30.7 Å². The molecule has 120 valence electrons. The zero-order chi connectivity index (χ0) is 16.2. The summed E-state index contributed by atoms with van der Waals surface area (Å²) in [6.45, 7) is 1.32. The number of aromatic nitrogens is 1. The predicted molar refractivity (Wildman–Crippen MR) is 86.2 cm³/mol. The standard InChI is InChI=1S/C18H20N2O3/c1-19-11-13(12-4-2-3-5-15(12)19)16(21)20-8-6-18(7-9-20)10-14(18)17(22)23/h2-5,11,14H,6-10H2,1H3,(H,22,23). The van der Waals surface area contributed by atoms with Crippen LogP contribution in [0, 0.1) is 11.3 Å². The van der Waals surface area contributed by atoms with E-state index in [1.54, 1.807) is 0 Å². The number of amides is 1. The Morgan fingerprint density at radius 1 is 1.22 bits per heavy atom. The summed E-state index contributed by atoms with van der Waals surface area (Å²) in [5.41, 5.74) is 1.75. The Balaban J connectivity index is 1.53. The Morgan fingerprint density at radius 2 is 1.91 bits per heavy atom. The molecule has 23 heavy (non-hydrogen) atoms. The van der Waals surface area contributed by atoms with Gasteiger partial charge >= 0.3 is 5.97 Å². The van der Waals surface area contributed by atoms with Crippen LogP contribution in [0.3, 0.4) is 0 Å². The van der Waals surface area contributed by atoms with Gasteiger partial charge in [-0.3, -0.25) is 9.59 Å². The van der Waals surface area contributed by atoms with Crippen molar-refractivity contribution in [2.24, 2.45) is 18.4 Å². The van der Waals surface area contributed by atoms with Crippen LogP contribution < -0.4 is 0 Å². The monoisotopic (exact) mass is 312 g/mol. The van der Waals surface area contributed by atoms with Crippen molar-refractivity contribution in [1.29, 1.82) is 0 Å². The van der Waals surface area contributed by atoms with Crippen molar-refractivity contribution in [1.82, 2.24) is 9.47 Å². The molecule has 5 nitrogen and oxygen atoms in total. The Kier molecular flexibility index (Phi) is 3.01. The Labute approximate surface area is 134 Å². The molecule has 1 amide bonds. The maximum absolute atomic E-state index is 12.9. The molecule has 0 radical (unpaired) electrons. The van der Waals surface area contributed by atoms with Crippen LogP contribution in [0.2, 0.25) is 0 Å². The van der Waals surface area contributed by atoms with Crippen molar-refractivity contribution in [3.63, 3.8) is 0 Å². The van der Waals surface area contributed by atoms with Gasteiger partial charge in [-0.15, -0.1) is 0 Å². The molecule has 1 aromatic carbocycles. The fourth-order valence-corrected chi connectivity index (χ4v) is 4.09. The van der Waals surface area contributed by atoms with E-state index in [2.05, 4.69) is 0 Å². The molecule has 2 fully saturated rings. The molecular weight excluding hydrogens is 292 g/mol. The topological polar surface area (TPSA) is 62.5 Å². The SMILES string of the molecule is Cn1cc(C(=O)N2CCC3(CC2)CC3C(=O)O)c2ccccc21. The molecule has 1 aliphatic heterocycles. The van der Waals surface area contributed by atoms with E-state index >= 15 is 0 Å². The van der Waals surface area contributed by atoms with Crippen LogP contribution in [0.25, 0.3) is 10.9 Å². The molecule has 1 spiro atoms. The third kappa shape index (κ3) is 2.14. The van der Waals surface area contributed by atoms with Crippen LogP contribution >= 0.6 is 0 Å². The van der Waals surface area contributed by atoms with Gasteiger partial charge in [0.2, 0.25) is 0 Å². The Bertz CT molecular complexity index is 800. The first-order chi connectivity index (χ1) is 11.0. The number of hydrogen-bond donors (Lipinski definition) is 1. The maximum Gasteiger partial charge on any atom is 0.307 e. The number of nitrogens with zero attached hydrogens (tertiary/aromatic N) is 2. The van der Waals surface area contributed by atoms with E-state index in [9.17, 15) is 9.59 Å². The van der Waals surface area contributed by atoms with Gasteiger partial charge in [0.1, 0.15) is 0 Å². The van der Waals surface area contributed by atoms with E-state index in [0.717, 1.165) is 35.7 Å². The molecule has 1 aliphatic carbocycles. The number of benzene rings is 1. The van der Waals surface area contributed by atoms with Gasteiger partial charge in [-0.25, -0.2) is 0 Å². The molecule has 1 saturated heterocycles. The number of hydrogen-bond acceptors (Lipinski definition) is 2. The lowest BCUT2D eigenvalue weighted by Gasteiger charge is -2.32. The number of likely N-dealkylation sites (tertiary alicyclic amines) is 1. The van der Waals surface area contributed by atoms with Crippen molar-refractivity contribution in [2.75, 3.05) is 13.1 Å². The summed E-state index contributed by atoms with van der Waals surface area (Å²) in [6.07, 6.45) is 4.29. The van der Waals surface area contributed by atoms with Crippen LogP contribution in [0.15, 0.2) is 30.5 Å². The smallest absolute Gasteiger partial charge is 0.307 e. The van der Waals surface area contributed by atoms with Crippen LogP contribution in [-0.4, -0.2) is 39.5 Å². The van der Waals surface area contributed by atoms with Crippen molar-refractivity contribution in [2.45, 2.75) is 19.3 Å². The second-order valence-corrected chi connectivity index (χ2v) is 6.92. The third-order valence-corrected chi connectivity index (χ3v) is 5.66. The van der Waals surface area contributed by atoms with E-state index in [0.29, 0.717) is 13.1 Å². The second-order valence-electron chi connectivity index (χ2n) is 6.92. The van der Waals surface area contributed by atoms with Gasteiger partial charge in [-0.1, -0.05) is 18.2 Å². The summed E-state index contributed by atoms with van der Waals surface area (Å²) >= 11 is 0. The highest BCUT2D eigenvalue weighted by Crippen LogP contribution is 2.59. The highest BCUT2D eigenvalue weighted by molar-refractivity contribution is 6.07. The number of carbonyl (C=O) groups excluding carboxylic acids is 1. The van der Waals surface area contributed by atoms with Crippen LogP contribution in [-0.2, 0) is 11.8 Å². The van der Waals surface area contributed by atoms with E-state index in [-0.39, 0.29) is 17.2 Å². The number of aryl methyl sites for hydroxylation is 1. The molecule has 5 heteroatoms. The normalized spacial score (nSPS) is 22.5. The third-order valence-electron chi connectivity index (χ3n) is 5.66. The molecule has 4 rings (SSSR count). The predicted octanol–water partition coefficient (Wildman–Crippen LogP) is 2.51.